The Kier molecular flexibility index (Phi) is 5.15. The number of hydrogen-bond acceptors (Lipinski definition) is 3. The van der Waals surface area contributed by atoms with Gasteiger partial charge in [-0.05, 0) is 27.6 Å². The van der Waals surface area contributed by atoms with Gasteiger partial charge in [-0.25, -0.2) is 0 Å². The number of nitrogens with zero attached hydrogens (tertiary/aromatic N) is 2. The molecule has 0 amide bonds. The highest BCUT2D eigenvalue weighted by molar-refractivity contribution is 9.10. The lowest BCUT2D eigenvalue weighted by Crippen LogP contribution is -2.18. The average molecular weight is 292 g/mol. The molecule has 3 nitrogen and oxygen atoms in total. The molecular formula is C10H18BrN3S. The number of aromatic nitrogens is 2. The second kappa shape index (κ2) is 5.92. The number of nitrogens with two attached hydrogens (primary N) is 1. The van der Waals surface area contributed by atoms with Crippen LogP contribution in [0.2, 0.25) is 0 Å². The molecule has 2 N–H and O–H groups in total. The minimum absolute atomic E-state index is 0.0515. The van der Waals surface area contributed by atoms with Gasteiger partial charge in [0.2, 0.25) is 0 Å². The van der Waals surface area contributed by atoms with E-state index in [0.717, 1.165) is 27.6 Å². The van der Waals surface area contributed by atoms with Crippen LogP contribution in [-0.4, -0.2) is 21.3 Å². The highest BCUT2D eigenvalue weighted by Crippen LogP contribution is 2.24. The fourth-order valence-electron chi connectivity index (χ4n) is 1.35. The first-order valence-corrected chi connectivity index (χ1v) is 6.97. The van der Waals surface area contributed by atoms with Crippen molar-refractivity contribution in [3.8, 4) is 0 Å². The molecule has 0 aliphatic heterocycles. The van der Waals surface area contributed by atoms with Crippen LogP contribution in [0.25, 0.3) is 0 Å². The lowest BCUT2D eigenvalue weighted by Gasteiger charge is -2.13. The van der Waals surface area contributed by atoms with E-state index in [-0.39, 0.29) is 6.04 Å². The van der Waals surface area contributed by atoms with E-state index in [0.29, 0.717) is 0 Å². The predicted molar refractivity (Wildman–Crippen MR) is 70.0 cm³/mol. The molecule has 86 valence electrons. The Morgan fingerprint density at radius 1 is 1.53 bits per heavy atom. The number of rotatable bonds is 5. The fraction of sp³-hybridized carbons (Fsp3) is 0.700. The number of aryl methyl sites for hydroxylation is 1. The quantitative estimate of drug-likeness (QED) is 0.907. The Morgan fingerprint density at radius 3 is 2.67 bits per heavy atom. The van der Waals surface area contributed by atoms with Crippen LogP contribution in [0.1, 0.15) is 25.6 Å². The zero-order chi connectivity index (χ0) is 11.4. The molecule has 1 heterocycles. The van der Waals surface area contributed by atoms with Gasteiger partial charge in [0.15, 0.2) is 0 Å². The minimum Gasteiger partial charge on any atom is -0.322 e. The number of thioether (sulfide) groups is 1. The van der Waals surface area contributed by atoms with Gasteiger partial charge >= 0.3 is 0 Å². The Morgan fingerprint density at radius 2 is 2.20 bits per heavy atom. The van der Waals surface area contributed by atoms with Crippen molar-refractivity contribution in [1.29, 1.82) is 0 Å². The van der Waals surface area contributed by atoms with E-state index >= 15 is 0 Å². The molecule has 1 aromatic rings. The van der Waals surface area contributed by atoms with Crippen molar-refractivity contribution in [3.63, 3.8) is 0 Å². The smallest absolute Gasteiger partial charge is 0.0698 e. The lowest BCUT2D eigenvalue weighted by atomic mass is 10.2. The van der Waals surface area contributed by atoms with Crippen LogP contribution in [0.3, 0.4) is 0 Å². The summed E-state index contributed by atoms with van der Waals surface area (Å²) in [6.45, 7) is 4.44. The largest absolute Gasteiger partial charge is 0.322 e. The van der Waals surface area contributed by atoms with E-state index in [1.165, 1.54) is 0 Å². The van der Waals surface area contributed by atoms with E-state index in [1.807, 2.05) is 23.5 Å². The van der Waals surface area contributed by atoms with Crippen molar-refractivity contribution < 1.29 is 0 Å². The molecule has 0 aromatic carbocycles. The second-order valence-corrected chi connectivity index (χ2v) is 5.97. The Hall–Kier alpha value is 0. The van der Waals surface area contributed by atoms with Crippen molar-refractivity contribution in [2.75, 3.05) is 11.5 Å². The Labute approximate surface area is 104 Å². The molecule has 0 bridgehead atoms. The lowest BCUT2D eigenvalue weighted by molar-refractivity contribution is 0.656. The van der Waals surface area contributed by atoms with E-state index in [4.69, 9.17) is 5.73 Å². The van der Waals surface area contributed by atoms with E-state index < -0.39 is 0 Å². The molecule has 1 unspecified atom stereocenters. The summed E-state index contributed by atoms with van der Waals surface area (Å²) in [6, 6.07) is 0.0515. The van der Waals surface area contributed by atoms with Crippen LogP contribution in [0.5, 0.6) is 0 Å². The van der Waals surface area contributed by atoms with E-state index in [9.17, 15) is 0 Å². The average Bonchev–Trinajstić information content (AvgIpc) is 2.45. The molecule has 1 rings (SSSR count). The summed E-state index contributed by atoms with van der Waals surface area (Å²) < 4.78 is 2.84. The van der Waals surface area contributed by atoms with Crippen molar-refractivity contribution in [2.24, 2.45) is 18.7 Å². The fourth-order valence-corrected chi connectivity index (χ4v) is 3.01. The van der Waals surface area contributed by atoms with Gasteiger partial charge in [0, 0.05) is 12.8 Å². The zero-order valence-corrected chi connectivity index (χ0v) is 11.8. The van der Waals surface area contributed by atoms with Gasteiger partial charge in [0.1, 0.15) is 0 Å². The maximum atomic E-state index is 6.12. The molecule has 0 aliphatic rings. The molecule has 1 aromatic heterocycles. The maximum Gasteiger partial charge on any atom is 0.0698 e. The first kappa shape index (κ1) is 13.1. The van der Waals surface area contributed by atoms with Gasteiger partial charge in [-0.2, -0.15) is 16.9 Å². The maximum absolute atomic E-state index is 6.12. The third-order valence-corrected chi connectivity index (χ3v) is 4.15. The van der Waals surface area contributed by atoms with Crippen LogP contribution >= 0.6 is 27.7 Å². The number of hydrogen-bond donors (Lipinski definition) is 1. The topological polar surface area (TPSA) is 43.8 Å². The molecule has 0 spiro atoms. The summed E-state index contributed by atoms with van der Waals surface area (Å²) in [5, 5.41) is 4.16. The molecule has 0 fully saturated rings. The first-order valence-electron chi connectivity index (χ1n) is 5.03. The van der Waals surface area contributed by atoms with E-state index in [2.05, 4.69) is 34.9 Å². The van der Waals surface area contributed by atoms with Crippen LogP contribution in [-0.2, 0) is 7.05 Å². The normalized spacial score (nSPS) is 13.5. The van der Waals surface area contributed by atoms with Crippen LogP contribution in [0, 0.1) is 5.92 Å². The highest BCUT2D eigenvalue weighted by atomic mass is 79.9. The molecular weight excluding hydrogens is 274 g/mol. The third kappa shape index (κ3) is 3.81. The van der Waals surface area contributed by atoms with Gasteiger partial charge < -0.3 is 5.73 Å². The highest BCUT2D eigenvalue weighted by Gasteiger charge is 2.14. The third-order valence-electron chi connectivity index (χ3n) is 2.04. The van der Waals surface area contributed by atoms with Crippen LogP contribution < -0.4 is 5.73 Å². The van der Waals surface area contributed by atoms with Crippen molar-refractivity contribution in [1.82, 2.24) is 9.78 Å². The summed E-state index contributed by atoms with van der Waals surface area (Å²) in [6.07, 6.45) is 1.79. The summed E-state index contributed by atoms with van der Waals surface area (Å²) in [7, 11) is 1.92. The van der Waals surface area contributed by atoms with Gasteiger partial charge in [-0.15, -0.1) is 0 Å². The molecule has 15 heavy (non-hydrogen) atoms. The standard InChI is InChI=1S/C10H18BrN3S/c1-7(2)5-15-6-9(12)10-8(11)4-13-14(10)3/h4,7,9H,5-6,12H2,1-3H3. The molecule has 0 saturated carbocycles. The molecule has 5 heteroatoms. The molecule has 0 radical (unpaired) electrons. The van der Waals surface area contributed by atoms with Gasteiger partial charge in [0.25, 0.3) is 0 Å². The molecule has 0 aliphatic carbocycles. The van der Waals surface area contributed by atoms with Crippen molar-refractivity contribution in [2.45, 2.75) is 19.9 Å². The van der Waals surface area contributed by atoms with Crippen molar-refractivity contribution in [3.05, 3.63) is 16.4 Å². The van der Waals surface area contributed by atoms with E-state index in [1.54, 1.807) is 6.20 Å². The Bertz CT molecular complexity index is 292. The SMILES string of the molecule is CC(C)CSCC(N)c1c(Br)cnn1C. The van der Waals surface area contributed by atoms with Gasteiger partial charge in [0.05, 0.1) is 22.4 Å². The second-order valence-electron chi connectivity index (χ2n) is 4.04. The molecule has 1 atom stereocenters. The van der Waals surface area contributed by atoms with Crippen molar-refractivity contribution >= 4 is 27.7 Å². The summed E-state index contributed by atoms with van der Waals surface area (Å²) in [5.74, 6) is 2.82. The molecule has 0 saturated heterocycles. The minimum atomic E-state index is 0.0515. The van der Waals surface area contributed by atoms with Crippen LogP contribution in [0.15, 0.2) is 10.7 Å². The van der Waals surface area contributed by atoms with Crippen LogP contribution in [0.4, 0.5) is 0 Å². The van der Waals surface area contributed by atoms with Gasteiger partial charge in [-0.1, -0.05) is 13.8 Å². The Balaban J connectivity index is 2.50. The summed E-state index contributed by atoms with van der Waals surface area (Å²) in [5.41, 5.74) is 7.19. The zero-order valence-electron chi connectivity index (χ0n) is 9.40. The van der Waals surface area contributed by atoms with Gasteiger partial charge in [-0.3, -0.25) is 4.68 Å². The number of halogens is 1. The monoisotopic (exact) mass is 291 g/mol. The summed E-state index contributed by atoms with van der Waals surface area (Å²) in [4.78, 5) is 0. The first-order chi connectivity index (χ1) is 7.02. The summed E-state index contributed by atoms with van der Waals surface area (Å²) >= 11 is 5.36. The predicted octanol–water partition coefficient (Wildman–Crippen LogP) is 2.57.